The van der Waals surface area contributed by atoms with Crippen LogP contribution in [-0.4, -0.2) is 40.8 Å². The monoisotopic (exact) mass is 339 g/mol. The second-order valence-corrected chi connectivity index (χ2v) is 5.86. The normalized spacial score (nSPS) is 10.3. The van der Waals surface area contributed by atoms with Crippen LogP contribution in [0.4, 0.5) is 0 Å². The molecule has 0 saturated heterocycles. The highest BCUT2D eigenvalue weighted by atomic mass is 16.4. The molecule has 25 heavy (non-hydrogen) atoms. The number of hydrogen-bond acceptors (Lipinski definition) is 3. The average molecular weight is 339 g/mol. The summed E-state index contributed by atoms with van der Waals surface area (Å²) in [5.74, 6) is -1.78. The SMILES string of the molecule is CCCN(CC(=O)O)C(=O)c1ccccc1C(=O)c1ccc(C)cc1. The van der Waals surface area contributed by atoms with Gasteiger partial charge in [-0.25, -0.2) is 0 Å². The Labute approximate surface area is 146 Å². The topological polar surface area (TPSA) is 74.7 Å². The molecule has 2 aromatic carbocycles. The molecule has 0 saturated carbocycles. The Morgan fingerprint density at radius 2 is 1.56 bits per heavy atom. The van der Waals surface area contributed by atoms with Gasteiger partial charge >= 0.3 is 5.97 Å². The lowest BCUT2D eigenvalue weighted by atomic mass is 9.97. The first-order valence-corrected chi connectivity index (χ1v) is 8.15. The predicted octanol–water partition coefficient (Wildman–Crippen LogP) is 3.16. The molecule has 0 aromatic heterocycles. The second kappa shape index (κ2) is 8.24. The Hall–Kier alpha value is -2.95. The quantitative estimate of drug-likeness (QED) is 0.786. The number of benzene rings is 2. The van der Waals surface area contributed by atoms with Crippen molar-refractivity contribution >= 4 is 17.7 Å². The number of carboxylic acids is 1. The van der Waals surface area contributed by atoms with Crippen molar-refractivity contribution in [3.63, 3.8) is 0 Å². The number of carbonyl (C=O) groups is 3. The third-order valence-electron chi connectivity index (χ3n) is 3.82. The molecule has 0 unspecified atom stereocenters. The molecule has 2 aromatic rings. The maximum atomic E-state index is 12.8. The Kier molecular flexibility index (Phi) is 6.06. The largest absolute Gasteiger partial charge is 0.480 e. The molecule has 5 heteroatoms. The van der Waals surface area contributed by atoms with Crippen LogP contribution in [0.25, 0.3) is 0 Å². The molecule has 0 radical (unpaired) electrons. The Morgan fingerprint density at radius 1 is 0.960 bits per heavy atom. The number of aliphatic carboxylic acids is 1. The van der Waals surface area contributed by atoms with Gasteiger partial charge in [-0.3, -0.25) is 14.4 Å². The van der Waals surface area contributed by atoms with Crippen molar-refractivity contribution in [3.05, 3.63) is 70.8 Å². The van der Waals surface area contributed by atoms with E-state index in [1.807, 2.05) is 26.0 Å². The van der Waals surface area contributed by atoms with Gasteiger partial charge in [0.15, 0.2) is 5.78 Å². The predicted molar refractivity (Wildman–Crippen MR) is 94.9 cm³/mol. The molecule has 0 aliphatic rings. The molecule has 1 N–H and O–H groups in total. The Bertz CT molecular complexity index is 781. The molecular weight excluding hydrogens is 318 g/mol. The van der Waals surface area contributed by atoms with Gasteiger partial charge in [-0.1, -0.05) is 55.0 Å². The minimum absolute atomic E-state index is 0.225. The van der Waals surface area contributed by atoms with Gasteiger partial charge in [0.25, 0.3) is 5.91 Å². The minimum Gasteiger partial charge on any atom is -0.480 e. The summed E-state index contributed by atoms with van der Waals surface area (Å²) in [5.41, 5.74) is 2.04. The van der Waals surface area contributed by atoms with Crippen LogP contribution in [0.5, 0.6) is 0 Å². The van der Waals surface area contributed by atoms with E-state index < -0.39 is 11.9 Å². The van der Waals surface area contributed by atoms with Gasteiger partial charge in [0.1, 0.15) is 6.54 Å². The van der Waals surface area contributed by atoms with Gasteiger partial charge < -0.3 is 10.0 Å². The molecular formula is C20H21NO4. The second-order valence-electron chi connectivity index (χ2n) is 5.86. The van der Waals surface area contributed by atoms with Crippen LogP contribution in [0.1, 0.15) is 45.2 Å². The zero-order valence-corrected chi connectivity index (χ0v) is 14.4. The zero-order chi connectivity index (χ0) is 18.4. The standard InChI is InChI=1S/C20H21NO4/c1-3-12-21(13-18(22)23)20(25)17-7-5-4-6-16(17)19(24)15-10-8-14(2)9-11-15/h4-11H,3,12-13H2,1-2H3,(H,22,23). The van der Waals surface area contributed by atoms with Crippen molar-refractivity contribution < 1.29 is 19.5 Å². The molecule has 130 valence electrons. The fraction of sp³-hybridized carbons (Fsp3) is 0.250. The highest BCUT2D eigenvalue weighted by Crippen LogP contribution is 2.17. The fourth-order valence-electron chi connectivity index (χ4n) is 2.58. The van der Waals surface area contributed by atoms with Crippen LogP contribution in [-0.2, 0) is 4.79 Å². The van der Waals surface area contributed by atoms with Crippen molar-refractivity contribution in [1.29, 1.82) is 0 Å². The van der Waals surface area contributed by atoms with E-state index in [1.165, 1.54) is 4.90 Å². The molecule has 2 rings (SSSR count). The Morgan fingerprint density at radius 3 is 2.12 bits per heavy atom. The minimum atomic E-state index is -1.08. The van der Waals surface area contributed by atoms with E-state index in [1.54, 1.807) is 36.4 Å². The molecule has 0 aliphatic carbocycles. The first-order valence-electron chi connectivity index (χ1n) is 8.15. The summed E-state index contributed by atoms with van der Waals surface area (Å²) in [4.78, 5) is 37.9. The number of ketones is 1. The van der Waals surface area contributed by atoms with Gasteiger partial charge in [0.2, 0.25) is 0 Å². The van der Waals surface area contributed by atoms with E-state index in [0.29, 0.717) is 18.5 Å². The maximum Gasteiger partial charge on any atom is 0.323 e. The maximum absolute atomic E-state index is 12.8. The summed E-state index contributed by atoms with van der Waals surface area (Å²) in [6.07, 6.45) is 0.632. The lowest BCUT2D eigenvalue weighted by Crippen LogP contribution is -2.37. The molecule has 1 amide bonds. The third kappa shape index (κ3) is 4.53. The molecule has 0 aliphatic heterocycles. The first kappa shape index (κ1) is 18.4. The average Bonchev–Trinajstić information content (AvgIpc) is 2.60. The van der Waals surface area contributed by atoms with Gasteiger partial charge in [-0.15, -0.1) is 0 Å². The highest BCUT2D eigenvalue weighted by Gasteiger charge is 2.23. The van der Waals surface area contributed by atoms with Crippen LogP contribution in [0.3, 0.4) is 0 Å². The third-order valence-corrected chi connectivity index (χ3v) is 3.82. The van der Waals surface area contributed by atoms with Gasteiger partial charge in [-0.2, -0.15) is 0 Å². The summed E-state index contributed by atoms with van der Waals surface area (Å²) in [5, 5.41) is 9.03. The molecule has 0 heterocycles. The van der Waals surface area contributed by atoms with Crippen molar-refractivity contribution in [2.24, 2.45) is 0 Å². The van der Waals surface area contributed by atoms with Gasteiger partial charge in [-0.05, 0) is 19.4 Å². The van der Waals surface area contributed by atoms with Crippen LogP contribution in [0.2, 0.25) is 0 Å². The van der Waals surface area contributed by atoms with E-state index in [0.717, 1.165) is 5.56 Å². The number of amides is 1. The number of rotatable bonds is 7. The van der Waals surface area contributed by atoms with Crippen molar-refractivity contribution in [2.75, 3.05) is 13.1 Å². The number of hydrogen-bond donors (Lipinski definition) is 1. The molecule has 5 nitrogen and oxygen atoms in total. The summed E-state index contributed by atoms with van der Waals surface area (Å²) >= 11 is 0. The van der Waals surface area contributed by atoms with Crippen LogP contribution >= 0.6 is 0 Å². The summed E-state index contributed by atoms with van der Waals surface area (Å²) in [6, 6.07) is 13.6. The number of carbonyl (C=O) groups excluding carboxylic acids is 2. The number of nitrogens with zero attached hydrogens (tertiary/aromatic N) is 1. The number of carboxylic acid groups (broad SMARTS) is 1. The number of aryl methyl sites for hydroxylation is 1. The smallest absolute Gasteiger partial charge is 0.323 e. The first-order chi connectivity index (χ1) is 11.9. The van der Waals surface area contributed by atoms with E-state index in [-0.39, 0.29) is 23.5 Å². The van der Waals surface area contributed by atoms with E-state index in [9.17, 15) is 14.4 Å². The van der Waals surface area contributed by atoms with Crippen LogP contribution < -0.4 is 0 Å². The van der Waals surface area contributed by atoms with Crippen molar-refractivity contribution in [2.45, 2.75) is 20.3 Å². The fourth-order valence-corrected chi connectivity index (χ4v) is 2.58. The van der Waals surface area contributed by atoms with E-state index >= 15 is 0 Å². The zero-order valence-electron chi connectivity index (χ0n) is 14.4. The van der Waals surface area contributed by atoms with E-state index in [4.69, 9.17) is 5.11 Å². The van der Waals surface area contributed by atoms with Crippen LogP contribution in [0, 0.1) is 6.92 Å². The van der Waals surface area contributed by atoms with Gasteiger partial charge in [0.05, 0.1) is 5.56 Å². The molecule has 0 fully saturated rings. The highest BCUT2D eigenvalue weighted by molar-refractivity contribution is 6.15. The molecule has 0 spiro atoms. The summed E-state index contributed by atoms with van der Waals surface area (Å²) in [7, 11) is 0. The summed E-state index contributed by atoms with van der Waals surface area (Å²) in [6.45, 7) is 3.73. The lowest BCUT2D eigenvalue weighted by molar-refractivity contribution is -0.137. The lowest BCUT2D eigenvalue weighted by Gasteiger charge is -2.21. The van der Waals surface area contributed by atoms with Crippen molar-refractivity contribution in [3.8, 4) is 0 Å². The molecule has 0 atom stereocenters. The Balaban J connectivity index is 2.39. The summed E-state index contributed by atoms with van der Waals surface area (Å²) < 4.78 is 0. The van der Waals surface area contributed by atoms with Gasteiger partial charge in [0, 0.05) is 17.7 Å². The molecule has 0 bridgehead atoms. The van der Waals surface area contributed by atoms with Crippen molar-refractivity contribution in [1.82, 2.24) is 4.90 Å². The van der Waals surface area contributed by atoms with E-state index in [2.05, 4.69) is 0 Å². The van der Waals surface area contributed by atoms with Crippen LogP contribution in [0.15, 0.2) is 48.5 Å².